The predicted octanol–water partition coefficient (Wildman–Crippen LogP) is 4.44. The highest BCUT2D eigenvalue weighted by molar-refractivity contribution is 6.31. The number of hydrogen-bond acceptors (Lipinski definition) is 3. The normalized spacial score (nSPS) is 11.2. The third-order valence-electron chi connectivity index (χ3n) is 3.21. The Morgan fingerprint density at radius 1 is 1.23 bits per heavy atom. The van der Waals surface area contributed by atoms with Crippen molar-refractivity contribution in [2.45, 2.75) is 6.92 Å². The minimum Gasteiger partial charge on any atom is -0.437 e. The van der Waals surface area contributed by atoms with Crippen LogP contribution in [-0.2, 0) is 4.79 Å². The highest BCUT2D eigenvalue weighted by Gasteiger charge is 2.05. The number of rotatable bonds is 3. The summed E-state index contributed by atoms with van der Waals surface area (Å²) in [6, 6.07) is 12.8. The molecule has 22 heavy (non-hydrogen) atoms. The third-order valence-corrected chi connectivity index (χ3v) is 3.62. The standard InChI is InChI=1S/C17H13ClN2O2/c1-11-12(18)5-4-7-13(11)19-16(21)9-10-17-20-14-6-2-3-8-15(14)22-17/h2-10H,1H3,(H,19,21)/b10-9+. The van der Waals surface area contributed by atoms with Gasteiger partial charge in [0.05, 0.1) is 0 Å². The number of para-hydroxylation sites is 2. The van der Waals surface area contributed by atoms with E-state index in [9.17, 15) is 4.79 Å². The van der Waals surface area contributed by atoms with Gasteiger partial charge in [-0.2, -0.15) is 0 Å². The van der Waals surface area contributed by atoms with Gasteiger partial charge < -0.3 is 9.73 Å². The molecule has 0 unspecified atom stereocenters. The van der Waals surface area contributed by atoms with Crippen molar-refractivity contribution >= 4 is 40.4 Å². The highest BCUT2D eigenvalue weighted by atomic mass is 35.5. The van der Waals surface area contributed by atoms with Crippen LogP contribution in [0.4, 0.5) is 5.69 Å². The highest BCUT2D eigenvalue weighted by Crippen LogP contribution is 2.23. The maximum absolute atomic E-state index is 12.0. The number of amides is 1. The van der Waals surface area contributed by atoms with Crippen LogP contribution in [-0.4, -0.2) is 10.9 Å². The van der Waals surface area contributed by atoms with Gasteiger partial charge in [0.25, 0.3) is 0 Å². The number of anilines is 1. The lowest BCUT2D eigenvalue weighted by atomic mass is 10.2. The van der Waals surface area contributed by atoms with Crippen LogP contribution in [0, 0.1) is 6.92 Å². The Kier molecular flexibility index (Phi) is 3.94. The summed E-state index contributed by atoms with van der Waals surface area (Å²) in [6.45, 7) is 1.85. The predicted molar refractivity (Wildman–Crippen MR) is 87.9 cm³/mol. The minimum absolute atomic E-state index is 0.271. The fourth-order valence-corrected chi connectivity index (χ4v) is 2.20. The number of oxazole rings is 1. The van der Waals surface area contributed by atoms with Gasteiger partial charge in [-0.1, -0.05) is 29.8 Å². The van der Waals surface area contributed by atoms with Crippen molar-refractivity contribution in [3.8, 4) is 0 Å². The molecule has 0 aliphatic rings. The number of benzene rings is 2. The molecule has 0 aliphatic heterocycles. The maximum Gasteiger partial charge on any atom is 0.248 e. The first-order chi connectivity index (χ1) is 10.6. The first kappa shape index (κ1) is 14.4. The molecular formula is C17H13ClN2O2. The number of hydrogen-bond donors (Lipinski definition) is 1. The summed E-state index contributed by atoms with van der Waals surface area (Å²) in [4.78, 5) is 16.2. The quantitative estimate of drug-likeness (QED) is 0.727. The van der Waals surface area contributed by atoms with E-state index in [-0.39, 0.29) is 5.91 Å². The van der Waals surface area contributed by atoms with Gasteiger partial charge in [0, 0.05) is 22.9 Å². The van der Waals surface area contributed by atoms with E-state index in [2.05, 4.69) is 10.3 Å². The van der Waals surface area contributed by atoms with E-state index in [0.29, 0.717) is 22.2 Å². The molecular weight excluding hydrogens is 300 g/mol. The monoisotopic (exact) mass is 312 g/mol. The fraction of sp³-hybridized carbons (Fsp3) is 0.0588. The van der Waals surface area contributed by atoms with Gasteiger partial charge in [-0.25, -0.2) is 4.98 Å². The van der Waals surface area contributed by atoms with Crippen molar-refractivity contribution in [1.29, 1.82) is 0 Å². The first-order valence-electron chi connectivity index (χ1n) is 6.73. The van der Waals surface area contributed by atoms with Crippen molar-refractivity contribution in [3.05, 3.63) is 65.0 Å². The molecule has 4 nitrogen and oxygen atoms in total. The number of carbonyl (C=O) groups is 1. The molecule has 1 N–H and O–H groups in total. The molecule has 3 rings (SSSR count). The van der Waals surface area contributed by atoms with E-state index in [0.717, 1.165) is 11.1 Å². The molecule has 110 valence electrons. The van der Waals surface area contributed by atoms with Gasteiger partial charge in [-0.3, -0.25) is 4.79 Å². The average Bonchev–Trinajstić information content (AvgIpc) is 2.93. The lowest BCUT2D eigenvalue weighted by Gasteiger charge is -2.07. The number of halogens is 1. The number of carbonyl (C=O) groups excluding carboxylic acids is 1. The minimum atomic E-state index is -0.271. The number of aromatic nitrogens is 1. The van der Waals surface area contributed by atoms with E-state index in [1.54, 1.807) is 18.2 Å². The molecule has 0 radical (unpaired) electrons. The second-order valence-electron chi connectivity index (χ2n) is 4.75. The van der Waals surface area contributed by atoms with Crippen LogP contribution in [0.15, 0.2) is 53.0 Å². The Morgan fingerprint density at radius 2 is 2.05 bits per heavy atom. The van der Waals surface area contributed by atoms with Crippen molar-refractivity contribution in [2.24, 2.45) is 0 Å². The Hall–Kier alpha value is -2.59. The van der Waals surface area contributed by atoms with Gasteiger partial charge in [0.1, 0.15) is 5.52 Å². The van der Waals surface area contributed by atoms with Crippen molar-refractivity contribution in [1.82, 2.24) is 4.98 Å². The zero-order valence-corrected chi connectivity index (χ0v) is 12.6. The summed E-state index contributed by atoms with van der Waals surface area (Å²) < 4.78 is 5.51. The first-order valence-corrected chi connectivity index (χ1v) is 7.11. The number of nitrogens with zero attached hydrogens (tertiary/aromatic N) is 1. The molecule has 3 aromatic rings. The Balaban J connectivity index is 1.74. The average molecular weight is 313 g/mol. The summed E-state index contributed by atoms with van der Waals surface area (Å²) in [6.07, 6.45) is 2.92. The molecule has 0 saturated carbocycles. The van der Waals surface area contributed by atoms with Crippen LogP contribution in [0.5, 0.6) is 0 Å². The Labute approximate surface area is 132 Å². The summed E-state index contributed by atoms with van der Waals surface area (Å²) >= 11 is 6.02. The zero-order valence-electron chi connectivity index (χ0n) is 11.8. The lowest BCUT2D eigenvalue weighted by molar-refractivity contribution is -0.111. The van der Waals surface area contributed by atoms with Crippen LogP contribution in [0.2, 0.25) is 5.02 Å². The molecule has 1 aromatic heterocycles. The van der Waals surface area contributed by atoms with Crippen molar-refractivity contribution in [2.75, 3.05) is 5.32 Å². The van der Waals surface area contributed by atoms with Gasteiger partial charge in [-0.15, -0.1) is 0 Å². The molecule has 0 fully saturated rings. The number of nitrogens with one attached hydrogen (secondary N) is 1. The van der Waals surface area contributed by atoms with E-state index >= 15 is 0 Å². The van der Waals surface area contributed by atoms with Crippen LogP contribution >= 0.6 is 11.6 Å². The van der Waals surface area contributed by atoms with E-state index in [1.165, 1.54) is 12.2 Å². The van der Waals surface area contributed by atoms with Crippen molar-refractivity contribution in [3.63, 3.8) is 0 Å². The van der Waals surface area contributed by atoms with Crippen LogP contribution in [0.25, 0.3) is 17.2 Å². The molecule has 0 aliphatic carbocycles. The van der Waals surface area contributed by atoms with E-state index < -0.39 is 0 Å². The van der Waals surface area contributed by atoms with Crippen LogP contribution in [0.1, 0.15) is 11.5 Å². The topological polar surface area (TPSA) is 55.1 Å². The van der Waals surface area contributed by atoms with E-state index in [1.807, 2.05) is 31.2 Å². The summed E-state index contributed by atoms with van der Waals surface area (Å²) in [5.41, 5.74) is 2.95. The van der Waals surface area contributed by atoms with Crippen LogP contribution < -0.4 is 5.32 Å². The van der Waals surface area contributed by atoms with E-state index in [4.69, 9.17) is 16.0 Å². The van der Waals surface area contributed by atoms with Gasteiger partial charge in [0.15, 0.2) is 5.58 Å². The molecule has 1 heterocycles. The summed E-state index contributed by atoms with van der Waals surface area (Å²) in [5.74, 6) is 0.117. The number of fused-ring (bicyclic) bond motifs is 1. The van der Waals surface area contributed by atoms with Crippen LogP contribution in [0.3, 0.4) is 0 Å². The molecule has 0 saturated heterocycles. The fourth-order valence-electron chi connectivity index (χ4n) is 2.03. The molecule has 0 spiro atoms. The Bertz CT molecular complexity index is 835. The lowest BCUT2D eigenvalue weighted by Crippen LogP contribution is -2.08. The molecule has 0 atom stereocenters. The SMILES string of the molecule is Cc1c(Cl)cccc1NC(=O)/C=C/c1nc2ccccc2o1. The smallest absolute Gasteiger partial charge is 0.248 e. The molecule has 1 amide bonds. The summed E-state index contributed by atoms with van der Waals surface area (Å²) in [7, 11) is 0. The maximum atomic E-state index is 12.0. The van der Waals surface area contributed by atoms with Gasteiger partial charge >= 0.3 is 0 Å². The largest absolute Gasteiger partial charge is 0.437 e. The van der Waals surface area contributed by atoms with Gasteiger partial charge in [-0.05, 0) is 36.8 Å². The second-order valence-corrected chi connectivity index (χ2v) is 5.16. The van der Waals surface area contributed by atoms with Crippen molar-refractivity contribution < 1.29 is 9.21 Å². The Morgan fingerprint density at radius 3 is 2.86 bits per heavy atom. The zero-order chi connectivity index (χ0) is 15.5. The third kappa shape index (κ3) is 3.02. The van der Waals surface area contributed by atoms with Gasteiger partial charge in [0.2, 0.25) is 11.8 Å². The molecule has 0 bridgehead atoms. The second kappa shape index (κ2) is 6.03. The molecule has 2 aromatic carbocycles. The molecule has 5 heteroatoms. The summed E-state index contributed by atoms with van der Waals surface area (Å²) in [5, 5.41) is 3.39.